The summed E-state index contributed by atoms with van der Waals surface area (Å²) in [6, 6.07) is 1.73. The zero-order valence-corrected chi connectivity index (χ0v) is 15.3. The van der Waals surface area contributed by atoms with Crippen molar-refractivity contribution in [2.45, 2.75) is 32.5 Å². The lowest BCUT2D eigenvalue weighted by Gasteiger charge is -2.50. The van der Waals surface area contributed by atoms with E-state index in [1.54, 1.807) is 23.7 Å². The molecule has 2 aliphatic heterocycles. The molecule has 0 N–H and O–H groups in total. The highest BCUT2D eigenvalue weighted by Crippen LogP contribution is 2.41. The van der Waals surface area contributed by atoms with Gasteiger partial charge < -0.3 is 18.8 Å². The first-order chi connectivity index (χ1) is 12.1. The average molecular weight is 362 g/mol. The molecule has 0 aromatic carbocycles. The number of thiazole rings is 1. The summed E-state index contributed by atoms with van der Waals surface area (Å²) in [5.74, 6) is 1.00. The molecular formula is C18H22N2O4S. The fourth-order valence-electron chi connectivity index (χ4n) is 3.67. The summed E-state index contributed by atoms with van der Waals surface area (Å²) < 4.78 is 17.1. The highest BCUT2D eigenvalue weighted by atomic mass is 32.1. The molecule has 2 aromatic heterocycles. The predicted molar refractivity (Wildman–Crippen MR) is 92.6 cm³/mol. The second-order valence-electron chi connectivity index (χ2n) is 6.82. The van der Waals surface area contributed by atoms with Crippen molar-refractivity contribution in [3.05, 3.63) is 39.7 Å². The number of carbonyl (C=O) groups is 1. The van der Waals surface area contributed by atoms with E-state index in [9.17, 15) is 4.79 Å². The number of hydrogen-bond acceptors (Lipinski definition) is 6. The molecule has 0 unspecified atom stereocenters. The van der Waals surface area contributed by atoms with Crippen molar-refractivity contribution in [2.75, 3.05) is 26.3 Å². The monoisotopic (exact) mass is 362 g/mol. The molecule has 0 saturated carbocycles. The van der Waals surface area contributed by atoms with Crippen molar-refractivity contribution < 1.29 is 18.7 Å². The zero-order chi connectivity index (χ0) is 17.4. The molecule has 0 radical (unpaired) electrons. The fraction of sp³-hybridized carbons (Fsp3) is 0.556. The van der Waals surface area contributed by atoms with Gasteiger partial charge in [0.05, 0.1) is 48.8 Å². The van der Waals surface area contributed by atoms with E-state index in [1.165, 1.54) is 0 Å². The Balaban J connectivity index is 1.31. The molecule has 4 rings (SSSR count). The van der Waals surface area contributed by atoms with Gasteiger partial charge >= 0.3 is 0 Å². The van der Waals surface area contributed by atoms with Gasteiger partial charge in [0.2, 0.25) is 0 Å². The maximum absolute atomic E-state index is 12.5. The van der Waals surface area contributed by atoms with Crippen molar-refractivity contribution in [1.82, 2.24) is 9.88 Å². The van der Waals surface area contributed by atoms with Crippen molar-refractivity contribution >= 4 is 17.2 Å². The number of ether oxygens (including phenoxy) is 2. The largest absolute Gasteiger partial charge is 0.469 e. The Hall–Kier alpha value is -1.70. The van der Waals surface area contributed by atoms with Crippen LogP contribution in [0.25, 0.3) is 0 Å². The third-order valence-corrected chi connectivity index (χ3v) is 5.95. The van der Waals surface area contributed by atoms with E-state index in [-0.39, 0.29) is 11.5 Å². The molecule has 1 amide bonds. The van der Waals surface area contributed by atoms with Gasteiger partial charge in [-0.3, -0.25) is 4.79 Å². The summed E-state index contributed by atoms with van der Waals surface area (Å²) in [5, 5.41) is 3.09. The van der Waals surface area contributed by atoms with Crippen molar-refractivity contribution in [3.8, 4) is 0 Å². The standard InChI is InChI=1S/C18H22N2O4S/c1-12-16(4-5-23-12)17(21)20-10-18(11-20)14(3-6-24-18)7-22-8-15-9-25-13(2)19-15/h4-5,9,14H,3,6-8,10-11H2,1-2H3/t14-/m1/s1. The number of hydrogen-bond donors (Lipinski definition) is 0. The third kappa shape index (κ3) is 3.12. The minimum Gasteiger partial charge on any atom is -0.469 e. The summed E-state index contributed by atoms with van der Waals surface area (Å²) in [6.07, 6.45) is 2.53. The number of aromatic nitrogens is 1. The number of nitrogens with zero attached hydrogens (tertiary/aromatic N) is 2. The van der Waals surface area contributed by atoms with E-state index < -0.39 is 0 Å². The summed E-state index contributed by atoms with van der Waals surface area (Å²) in [5.41, 5.74) is 1.38. The molecular weight excluding hydrogens is 340 g/mol. The molecule has 0 aliphatic carbocycles. The number of carbonyl (C=O) groups excluding carboxylic acids is 1. The summed E-state index contributed by atoms with van der Waals surface area (Å²) in [7, 11) is 0. The first-order valence-electron chi connectivity index (χ1n) is 8.53. The van der Waals surface area contributed by atoms with Gasteiger partial charge in [0, 0.05) is 17.9 Å². The molecule has 134 valence electrons. The maximum Gasteiger partial charge on any atom is 0.257 e. The Labute approximate surface area is 150 Å². The predicted octanol–water partition coefficient (Wildman–Crippen LogP) is 2.80. The summed E-state index contributed by atoms with van der Waals surface area (Å²) >= 11 is 1.64. The first kappa shape index (κ1) is 16.8. The zero-order valence-electron chi connectivity index (χ0n) is 14.5. The molecule has 2 aromatic rings. The van der Waals surface area contributed by atoms with E-state index in [1.807, 2.05) is 24.1 Å². The summed E-state index contributed by atoms with van der Waals surface area (Å²) in [4.78, 5) is 18.8. The first-order valence-corrected chi connectivity index (χ1v) is 9.41. The van der Waals surface area contributed by atoms with Crippen LogP contribution in [0.4, 0.5) is 0 Å². The smallest absolute Gasteiger partial charge is 0.257 e. The molecule has 1 spiro atoms. The van der Waals surface area contributed by atoms with E-state index in [0.29, 0.717) is 43.5 Å². The Morgan fingerprint density at radius 3 is 3.00 bits per heavy atom. The lowest BCUT2D eigenvalue weighted by Crippen LogP contribution is -2.66. The Kier molecular flexibility index (Phi) is 4.39. The van der Waals surface area contributed by atoms with Crippen LogP contribution in [0.15, 0.2) is 22.1 Å². The van der Waals surface area contributed by atoms with Crippen molar-refractivity contribution in [1.29, 1.82) is 0 Å². The van der Waals surface area contributed by atoms with Gasteiger partial charge in [-0.1, -0.05) is 0 Å². The number of aryl methyl sites for hydroxylation is 2. The highest BCUT2D eigenvalue weighted by Gasteiger charge is 2.54. The molecule has 4 heterocycles. The summed E-state index contributed by atoms with van der Waals surface area (Å²) in [6.45, 7) is 6.97. The lowest BCUT2D eigenvalue weighted by molar-refractivity contribution is -0.129. The Morgan fingerprint density at radius 2 is 2.32 bits per heavy atom. The van der Waals surface area contributed by atoms with Crippen LogP contribution < -0.4 is 0 Å². The minimum absolute atomic E-state index is 0.0185. The van der Waals surface area contributed by atoms with Gasteiger partial charge in [-0.15, -0.1) is 11.3 Å². The van der Waals surface area contributed by atoms with Gasteiger partial charge in [0.15, 0.2) is 0 Å². The molecule has 2 aliphatic rings. The van der Waals surface area contributed by atoms with Gasteiger partial charge in [0.1, 0.15) is 11.4 Å². The third-order valence-electron chi connectivity index (χ3n) is 5.13. The highest BCUT2D eigenvalue weighted by molar-refractivity contribution is 7.09. The molecule has 2 saturated heterocycles. The van der Waals surface area contributed by atoms with Crippen LogP contribution >= 0.6 is 11.3 Å². The normalized spacial score (nSPS) is 21.7. The quantitative estimate of drug-likeness (QED) is 0.818. The lowest BCUT2D eigenvalue weighted by atomic mass is 9.81. The number of rotatable bonds is 5. The maximum atomic E-state index is 12.5. The van der Waals surface area contributed by atoms with Crippen LogP contribution in [0.5, 0.6) is 0 Å². The molecule has 6 nitrogen and oxygen atoms in total. The van der Waals surface area contributed by atoms with Crippen LogP contribution in [-0.2, 0) is 16.1 Å². The van der Waals surface area contributed by atoms with Gasteiger partial charge in [0.25, 0.3) is 5.91 Å². The van der Waals surface area contributed by atoms with Crippen LogP contribution in [0, 0.1) is 19.8 Å². The van der Waals surface area contributed by atoms with Gasteiger partial charge in [-0.05, 0) is 26.3 Å². The van der Waals surface area contributed by atoms with Gasteiger partial charge in [-0.25, -0.2) is 4.98 Å². The molecule has 0 bridgehead atoms. The molecule has 1 atom stereocenters. The SMILES string of the molecule is Cc1nc(COC[C@H]2CCOC23CN(C(=O)c2ccoc2C)C3)cs1. The second-order valence-corrected chi connectivity index (χ2v) is 7.89. The van der Waals surface area contributed by atoms with Gasteiger partial charge in [-0.2, -0.15) is 0 Å². The second kappa shape index (κ2) is 6.55. The van der Waals surface area contributed by atoms with Crippen LogP contribution in [0.3, 0.4) is 0 Å². The van der Waals surface area contributed by atoms with Crippen LogP contribution in [0.1, 0.15) is 33.2 Å². The van der Waals surface area contributed by atoms with E-state index in [0.717, 1.165) is 23.7 Å². The molecule has 25 heavy (non-hydrogen) atoms. The Morgan fingerprint density at radius 1 is 1.48 bits per heavy atom. The topological polar surface area (TPSA) is 64.8 Å². The van der Waals surface area contributed by atoms with Crippen molar-refractivity contribution in [3.63, 3.8) is 0 Å². The average Bonchev–Trinajstić information content (AvgIpc) is 3.25. The minimum atomic E-state index is -0.245. The molecule has 2 fully saturated rings. The van der Waals surface area contributed by atoms with Crippen LogP contribution in [0.2, 0.25) is 0 Å². The van der Waals surface area contributed by atoms with Crippen molar-refractivity contribution in [2.24, 2.45) is 5.92 Å². The van der Waals surface area contributed by atoms with E-state index in [4.69, 9.17) is 13.9 Å². The number of furan rings is 1. The van der Waals surface area contributed by atoms with E-state index >= 15 is 0 Å². The Bertz CT molecular complexity index is 763. The number of likely N-dealkylation sites (tertiary alicyclic amines) is 1. The number of amides is 1. The van der Waals surface area contributed by atoms with Crippen LogP contribution in [-0.4, -0.2) is 47.7 Å². The molecule has 7 heteroatoms. The fourth-order valence-corrected chi connectivity index (χ4v) is 4.27. The van der Waals surface area contributed by atoms with E-state index in [2.05, 4.69) is 4.98 Å².